The van der Waals surface area contributed by atoms with E-state index in [-0.39, 0.29) is 6.61 Å². The summed E-state index contributed by atoms with van der Waals surface area (Å²) in [5.74, 6) is -1.89. The third-order valence-electron chi connectivity index (χ3n) is 2.71. The van der Waals surface area contributed by atoms with Crippen molar-refractivity contribution in [2.24, 2.45) is 0 Å². The molecule has 0 heterocycles. The molecule has 0 aromatic heterocycles. The van der Waals surface area contributed by atoms with Crippen LogP contribution in [0, 0.1) is 6.92 Å². The molecule has 1 unspecified atom stereocenters. The molecule has 0 aliphatic heterocycles. The van der Waals surface area contributed by atoms with Crippen molar-refractivity contribution in [1.82, 2.24) is 0 Å². The van der Waals surface area contributed by atoms with Crippen LogP contribution in [0.25, 0.3) is 0 Å². The summed E-state index contributed by atoms with van der Waals surface area (Å²) in [4.78, 5) is 34.5. The maximum Gasteiger partial charge on any atom is 0.331 e. The Hall–Kier alpha value is -2.63. The third-order valence-corrected chi connectivity index (χ3v) is 2.71. The smallest absolute Gasteiger partial charge is 0.331 e. The molecule has 1 N–H and O–H groups in total. The van der Waals surface area contributed by atoms with E-state index in [0.717, 1.165) is 17.7 Å². The first-order chi connectivity index (χ1) is 10.4. The van der Waals surface area contributed by atoms with Gasteiger partial charge in [0.05, 0.1) is 6.61 Å². The summed E-state index contributed by atoms with van der Waals surface area (Å²) in [6.45, 7) is 5.17. The highest BCUT2D eigenvalue weighted by atomic mass is 16.5. The van der Waals surface area contributed by atoms with Crippen LogP contribution in [-0.4, -0.2) is 30.6 Å². The van der Waals surface area contributed by atoms with E-state index < -0.39 is 23.9 Å². The lowest BCUT2D eigenvalue weighted by Gasteiger charge is -2.13. The van der Waals surface area contributed by atoms with Crippen molar-refractivity contribution in [2.75, 3.05) is 11.9 Å². The van der Waals surface area contributed by atoms with Crippen LogP contribution in [-0.2, 0) is 23.9 Å². The Bertz CT molecular complexity index is 580. The zero-order chi connectivity index (χ0) is 16.5. The second-order valence-corrected chi connectivity index (χ2v) is 4.47. The highest BCUT2D eigenvalue weighted by Gasteiger charge is 2.17. The normalized spacial score (nSPS) is 11.8. The first kappa shape index (κ1) is 17.4. The average molecular weight is 305 g/mol. The molecule has 0 radical (unpaired) electrons. The second kappa shape index (κ2) is 8.61. The molecule has 1 rings (SSSR count). The Morgan fingerprint density at radius 3 is 2.45 bits per heavy atom. The van der Waals surface area contributed by atoms with Gasteiger partial charge in [-0.25, -0.2) is 9.59 Å². The highest BCUT2D eigenvalue weighted by molar-refractivity contribution is 5.97. The van der Waals surface area contributed by atoms with E-state index in [1.165, 1.54) is 6.92 Å². The van der Waals surface area contributed by atoms with Crippen LogP contribution in [0.4, 0.5) is 5.69 Å². The minimum Gasteiger partial charge on any atom is -0.463 e. The predicted octanol–water partition coefficient (Wildman–Crippen LogP) is 1.98. The summed E-state index contributed by atoms with van der Waals surface area (Å²) in [6.07, 6.45) is 0.895. The number of para-hydroxylation sites is 1. The number of nitrogens with one attached hydrogen (secondary N) is 1. The molecule has 0 spiro atoms. The fraction of sp³-hybridized carbons (Fsp3) is 0.312. The maximum atomic E-state index is 11.9. The lowest BCUT2D eigenvalue weighted by atomic mass is 10.2. The number of carbonyl (C=O) groups is 3. The lowest BCUT2D eigenvalue weighted by Crippen LogP contribution is -2.29. The van der Waals surface area contributed by atoms with Crippen molar-refractivity contribution in [1.29, 1.82) is 0 Å². The summed E-state index contributed by atoms with van der Waals surface area (Å²) < 4.78 is 9.53. The minimum absolute atomic E-state index is 0.216. The number of ether oxygens (including phenoxy) is 2. The van der Waals surface area contributed by atoms with E-state index in [4.69, 9.17) is 4.74 Å². The molecule has 1 aromatic rings. The van der Waals surface area contributed by atoms with Crippen molar-refractivity contribution in [2.45, 2.75) is 26.9 Å². The Kier molecular flexibility index (Phi) is 6.82. The molecule has 1 amide bonds. The van der Waals surface area contributed by atoms with Gasteiger partial charge in [0.25, 0.3) is 5.91 Å². The van der Waals surface area contributed by atoms with Crippen molar-refractivity contribution >= 4 is 23.5 Å². The van der Waals surface area contributed by atoms with E-state index in [1.54, 1.807) is 19.1 Å². The molecule has 0 saturated heterocycles. The molecular formula is C16H19NO5. The molecule has 0 aliphatic rings. The van der Waals surface area contributed by atoms with E-state index in [0.29, 0.717) is 5.69 Å². The molecule has 0 aliphatic carbocycles. The number of esters is 2. The molecule has 0 fully saturated rings. The molecule has 1 atom stereocenters. The van der Waals surface area contributed by atoms with Crippen LogP contribution < -0.4 is 5.32 Å². The van der Waals surface area contributed by atoms with Crippen molar-refractivity contribution in [3.8, 4) is 0 Å². The number of amides is 1. The maximum absolute atomic E-state index is 11.9. The van der Waals surface area contributed by atoms with Crippen LogP contribution >= 0.6 is 0 Å². The fourth-order valence-corrected chi connectivity index (χ4v) is 1.54. The van der Waals surface area contributed by atoms with Gasteiger partial charge >= 0.3 is 11.9 Å². The van der Waals surface area contributed by atoms with Gasteiger partial charge in [-0.3, -0.25) is 4.79 Å². The number of hydrogen-bond acceptors (Lipinski definition) is 5. The number of rotatable bonds is 6. The minimum atomic E-state index is -0.987. The van der Waals surface area contributed by atoms with Gasteiger partial charge in [0.2, 0.25) is 0 Å². The topological polar surface area (TPSA) is 81.7 Å². The monoisotopic (exact) mass is 305 g/mol. The van der Waals surface area contributed by atoms with E-state index in [2.05, 4.69) is 10.1 Å². The van der Waals surface area contributed by atoms with E-state index >= 15 is 0 Å². The van der Waals surface area contributed by atoms with Gasteiger partial charge < -0.3 is 14.8 Å². The van der Waals surface area contributed by atoms with Gasteiger partial charge in [-0.05, 0) is 32.4 Å². The molecular weight excluding hydrogens is 286 g/mol. The number of anilines is 1. The van der Waals surface area contributed by atoms with Crippen molar-refractivity contribution in [3.63, 3.8) is 0 Å². The first-order valence-corrected chi connectivity index (χ1v) is 6.86. The van der Waals surface area contributed by atoms with Crippen LogP contribution in [0.2, 0.25) is 0 Å². The van der Waals surface area contributed by atoms with E-state index in [9.17, 15) is 14.4 Å². The molecule has 6 nitrogen and oxygen atoms in total. The van der Waals surface area contributed by atoms with Crippen molar-refractivity contribution in [3.05, 3.63) is 42.0 Å². The summed E-state index contributed by atoms with van der Waals surface area (Å²) in [7, 11) is 0. The van der Waals surface area contributed by atoms with Gasteiger partial charge in [0.15, 0.2) is 6.10 Å². The Labute approximate surface area is 129 Å². The zero-order valence-corrected chi connectivity index (χ0v) is 12.8. The Morgan fingerprint density at radius 1 is 1.18 bits per heavy atom. The van der Waals surface area contributed by atoms with Gasteiger partial charge in [-0.15, -0.1) is 0 Å². The largest absolute Gasteiger partial charge is 0.463 e. The molecule has 22 heavy (non-hydrogen) atoms. The summed E-state index contributed by atoms with van der Waals surface area (Å²) >= 11 is 0. The SMILES string of the molecule is CCOC(=O)/C=C/C(=O)OC(C)C(=O)Nc1ccccc1C. The zero-order valence-electron chi connectivity index (χ0n) is 12.8. The molecule has 0 bridgehead atoms. The Morgan fingerprint density at radius 2 is 1.82 bits per heavy atom. The molecule has 6 heteroatoms. The van der Waals surface area contributed by atoms with E-state index in [1.807, 2.05) is 19.1 Å². The summed E-state index contributed by atoms with van der Waals surface area (Å²) in [5.41, 5.74) is 1.55. The number of hydrogen-bond donors (Lipinski definition) is 1. The van der Waals surface area contributed by atoms with Crippen molar-refractivity contribution < 1.29 is 23.9 Å². The average Bonchev–Trinajstić information content (AvgIpc) is 2.47. The van der Waals surface area contributed by atoms with Gasteiger partial charge in [0.1, 0.15) is 0 Å². The van der Waals surface area contributed by atoms with Crippen LogP contribution in [0.5, 0.6) is 0 Å². The van der Waals surface area contributed by atoms with Gasteiger partial charge in [-0.1, -0.05) is 18.2 Å². The number of carbonyl (C=O) groups excluding carboxylic acids is 3. The van der Waals surface area contributed by atoms with Crippen LogP contribution in [0.1, 0.15) is 19.4 Å². The predicted molar refractivity (Wildman–Crippen MR) is 81.1 cm³/mol. The second-order valence-electron chi connectivity index (χ2n) is 4.47. The number of aryl methyl sites for hydroxylation is 1. The number of benzene rings is 1. The quantitative estimate of drug-likeness (QED) is 0.642. The highest BCUT2D eigenvalue weighted by Crippen LogP contribution is 2.13. The summed E-state index contributed by atoms with van der Waals surface area (Å²) in [6, 6.07) is 7.26. The van der Waals surface area contributed by atoms with Crippen LogP contribution in [0.3, 0.4) is 0 Å². The lowest BCUT2D eigenvalue weighted by molar-refractivity contribution is -0.148. The Balaban J connectivity index is 2.52. The van der Waals surface area contributed by atoms with Crippen LogP contribution in [0.15, 0.2) is 36.4 Å². The summed E-state index contributed by atoms with van der Waals surface area (Å²) in [5, 5.41) is 2.67. The van der Waals surface area contributed by atoms with Gasteiger partial charge in [-0.2, -0.15) is 0 Å². The third kappa shape index (κ3) is 5.78. The standard InChI is InChI=1S/C16H19NO5/c1-4-21-14(18)9-10-15(19)22-12(3)16(20)17-13-8-6-5-7-11(13)2/h5-10,12H,4H2,1-3H3,(H,17,20)/b10-9+. The molecule has 0 saturated carbocycles. The molecule has 1 aromatic carbocycles. The van der Waals surface area contributed by atoms with Gasteiger partial charge in [0, 0.05) is 17.8 Å². The fourth-order valence-electron chi connectivity index (χ4n) is 1.54. The molecule has 118 valence electrons. The first-order valence-electron chi connectivity index (χ1n) is 6.86.